The van der Waals surface area contributed by atoms with Crippen LogP contribution in [-0.4, -0.2) is 89.9 Å². The molecule has 1 rings (SSSR count). The summed E-state index contributed by atoms with van der Waals surface area (Å²) in [5.74, 6) is 0. The molecule has 1 aliphatic rings. The molecule has 1 saturated heterocycles. The van der Waals surface area contributed by atoms with E-state index < -0.39 is 97.5 Å². The Kier molecular flexibility index (Phi) is 9.78. The average Bonchev–Trinajstić information content (AvgIpc) is 3.05. The molecule has 0 spiro atoms. The third kappa shape index (κ3) is 5.33. The third-order valence-corrected chi connectivity index (χ3v) is 10.7. The van der Waals surface area contributed by atoms with Crippen LogP contribution in [0.4, 0.5) is 79.0 Å². The SMILES string of the molecule is CCN(CC)P1(OC(C(F)(F)F)C(F)(F)F)(N(CC)CC)OC(C(F)(F)F)(C(F)(F)F)C(C(F)(F)F)(C(F)(F)F)O1. The summed E-state index contributed by atoms with van der Waals surface area (Å²) in [4.78, 5) is 0. The molecule has 0 amide bonds. The summed E-state index contributed by atoms with van der Waals surface area (Å²) >= 11 is 0. The van der Waals surface area contributed by atoms with Gasteiger partial charge in [0.05, 0.1) is 0 Å². The van der Waals surface area contributed by atoms with Crippen molar-refractivity contribution in [2.24, 2.45) is 0 Å². The van der Waals surface area contributed by atoms with Gasteiger partial charge in [-0.2, -0.15) is 0 Å². The van der Waals surface area contributed by atoms with E-state index >= 15 is 0 Å². The van der Waals surface area contributed by atoms with Crippen molar-refractivity contribution >= 4 is 7.59 Å². The molecule has 0 aromatic heterocycles. The second-order valence-corrected chi connectivity index (χ2v) is 11.5. The molecule has 5 nitrogen and oxygen atoms in total. The molecule has 1 heterocycles. The van der Waals surface area contributed by atoms with Crippen molar-refractivity contribution < 1.29 is 92.6 Å². The van der Waals surface area contributed by atoms with E-state index in [0.717, 1.165) is 0 Å². The van der Waals surface area contributed by atoms with Gasteiger partial charge >= 0.3 is 218 Å². The fraction of sp³-hybridized carbons (Fsp3) is 1.00. The molecule has 248 valence electrons. The molecule has 41 heavy (non-hydrogen) atoms. The van der Waals surface area contributed by atoms with Gasteiger partial charge in [0.15, 0.2) is 0 Å². The Hall–Kier alpha value is -1.03. The van der Waals surface area contributed by atoms with Crippen LogP contribution in [0, 0.1) is 0 Å². The van der Waals surface area contributed by atoms with Crippen molar-refractivity contribution in [1.29, 1.82) is 0 Å². The fourth-order valence-corrected chi connectivity index (χ4v) is 9.72. The Morgan fingerprint density at radius 3 is 0.878 bits per heavy atom. The first-order valence-electron chi connectivity index (χ1n) is 10.9. The molecule has 0 N–H and O–H groups in total. The zero-order valence-electron chi connectivity index (χ0n) is 20.8. The quantitative estimate of drug-likeness (QED) is 0.192. The average molecular weight is 674 g/mol. The summed E-state index contributed by atoms with van der Waals surface area (Å²) in [6.07, 6.45) is -51.1. The van der Waals surface area contributed by atoms with E-state index in [-0.39, 0.29) is 0 Å². The Balaban J connectivity index is 4.89. The molecule has 0 unspecified atom stereocenters. The van der Waals surface area contributed by atoms with Crippen molar-refractivity contribution in [2.45, 2.75) is 82.1 Å². The van der Waals surface area contributed by atoms with Crippen LogP contribution in [0.2, 0.25) is 0 Å². The van der Waals surface area contributed by atoms with Crippen molar-refractivity contribution in [2.75, 3.05) is 26.2 Å². The predicted octanol–water partition coefficient (Wildman–Crippen LogP) is 8.08. The van der Waals surface area contributed by atoms with Crippen LogP contribution in [-0.2, 0) is 13.6 Å². The minimum absolute atomic E-state index is 0.533. The number of rotatable bonds is 8. The Labute approximate surface area is 218 Å². The van der Waals surface area contributed by atoms with E-state index in [1.54, 1.807) is 0 Å². The summed E-state index contributed by atoms with van der Waals surface area (Å²) in [5.41, 5.74) is -15.4. The number of hydrogen-bond donors (Lipinski definition) is 0. The Bertz CT molecular complexity index is 816. The standard InChI is InChI=1S/C17H21F18N2O3P/c1-5-36(6-2)41(37(7-3)8-4,38-9(10(18,19)20)11(21,22)23)39-12(14(24,25)26,15(27,28)29)13(40-41,16(30,31)32)17(33,34)35/h9H,5-8H2,1-4H3. The van der Waals surface area contributed by atoms with Crippen LogP contribution in [0.3, 0.4) is 0 Å². The van der Waals surface area contributed by atoms with Gasteiger partial charge in [0.1, 0.15) is 0 Å². The van der Waals surface area contributed by atoms with Gasteiger partial charge in [-0.05, 0) is 0 Å². The first-order valence-corrected chi connectivity index (χ1v) is 12.8. The van der Waals surface area contributed by atoms with E-state index in [0.29, 0.717) is 27.7 Å². The van der Waals surface area contributed by atoms with E-state index in [1.165, 1.54) is 0 Å². The minimum atomic E-state index is -8.63. The Morgan fingerprint density at radius 1 is 0.512 bits per heavy atom. The monoisotopic (exact) mass is 674 g/mol. The Morgan fingerprint density at radius 2 is 0.732 bits per heavy atom. The predicted molar refractivity (Wildman–Crippen MR) is 102 cm³/mol. The molecule has 24 heteroatoms. The second kappa shape index (κ2) is 10.6. The fourth-order valence-electron chi connectivity index (χ4n) is 4.41. The van der Waals surface area contributed by atoms with Crippen LogP contribution in [0.15, 0.2) is 0 Å². The van der Waals surface area contributed by atoms with Crippen LogP contribution in [0.1, 0.15) is 27.7 Å². The number of nitrogens with zero attached hydrogens (tertiary/aromatic N) is 2. The first-order chi connectivity index (χ1) is 17.9. The molecular weight excluding hydrogens is 653 g/mol. The van der Waals surface area contributed by atoms with E-state index in [4.69, 9.17) is 0 Å². The first kappa shape index (κ1) is 38.0. The topological polar surface area (TPSA) is 34.2 Å². The molecule has 0 aliphatic carbocycles. The van der Waals surface area contributed by atoms with Crippen molar-refractivity contribution in [3.63, 3.8) is 0 Å². The molecule has 0 bridgehead atoms. The molecule has 0 radical (unpaired) electrons. The van der Waals surface area contributed by atoms with Gasteiger partial charge in [-0.15, -0.1) is 0 Å². The molecule has 0 aromatic rings. The third-order valence-electron chi connectivity index (χ3n) is 5.97. The summed E-state index contributed by atoms with van der Waals surface area (Å²) in [6, 6.07) is 0. The zero-order valence-corrected chi connectivity index (χ0v) is 21.7. The van der Waals surface area contributed by atoms with Crippen molar-refractivity contribution in [1.82, 2.24) is 9.34 Å². The second-order valence-electron chi connectivity index (χ2n) is 8.19. The maximum absolute atomic E-state index is 14.3. The van der Waals surface area contributed by atoms with Gasteiger partial charge in [0, 0.05) is 0 Å². The van der Waals surface area contributed by atoms with E-state index in [2.05, 4.69) is 13.6 Å². The van der Waals surface area contributed by atoms with Gasteiger partial charge in [-0.3, -0.25) is 0 Å². The summed E-state index contributed by atoms with van der Waals surface area (Å²) in [6.45, 7) is -3.55. The van der Waals surface area contributed by atoms with Crippen molar-refractivity contribution in [3.8, 4) is 0 Å². The molecule has 1 aliphatic heterocycles. The van der Waals surface area contributed by atoms with E-state index in [9.17, 15) is 79.0 Å². The zero-order chi connectivity index (χ0) is 33.1. The molecule has 0 saturated carbocycles. The van der Waals surface area contributed by atoms with Gasteiger partial charge in [-0.25, -0.2) is 0 Å². The molecular formula is C17H21F18N2O3P. The number of halogens is 18. The molecule has 1 fully saturated rings. The maximum atomic E-state index is 14.3. The summed E-state index contributed by atoms with van der Waals surface area (Å²) in [7, 11) is -8.63. The number of hydrogen-bond acceptors (Lipinski definition) is 5. The van der Waals surface area contributed by atoms with Gasteiger partial charge < -0.3 is 0 Å². The number of alkyl halides is 18. The van der Waals surface area contributed by atoms with Gasteiger partial charge in [0.25, 0.3) is 0 Å². The van der Waals surface area contributed by atoms with Gasteiger partial charge in [-0.1, -0.05) is 0 Å². The van der Waals surface area contributed by atoms with Crippen LogP contribution in [0.25, 0.3) is 0 Å². The molecule has 0 atom stereocenters. The normalized spacial score (nSPS) is 22.8. The van der Waals surface area contributed by atoms with Crippen LogP contribution in [0.5, 0.6) is 0 Å². The summed E-state index contributed by atoms with van der Waals surface area (Å²) < 4.78 is 263. The summed E-state index contributed by atoms with van der Waals surface area (Å²) in [5, 5.41) is 0. The van der Waals surface area contributed by atoms with Crippen LogP contribution >= 0.6 is 7.59 Å². The van der Waals surface area contributed by atoms with Crippen LogP contribution < -0.4 is 0 Å². The van der Waals surface area contributed by atoms with Gasteiger partial charge in [0.2, 0.25) is 0 Å². The van der Waals surface area contributed by atoms with Crippen molar-refractivity contribution in [3.05, 3.63) is 0 Å². The molecule has 0 aromatic carbocycles. The van der Waals surface area contributed by atoms with E-state index in [1.807, 2.05) is 0 Å².